The topological polar surface area (TPSA) is 111 Å². The van der Waals surface area contributed by atoms with Gasteiger partial charge in [0.1, 0.15) is 11.5 Å². The number of thiophene rings is 1. The van der Waals surface area contributed by atoms with E-state index < -0.39 is 0 Å². The number of aromatic nitrogens is 3. The molecule has 0 bridgehead atoms. The molecule has 0 saturated carbocycles. The zero-order valence-electron chi connectivity index (χ0n) is 25.1. The van der Waals surface area contributed by atoms with Crippen LogP contribution in [-0.2, 0) is 22.7 Å². The summed E-state index contributed by atoms with van der Waals surface area (Å²) in [5.74, 6) is 1.63. The SMILES string of the molecule is COc1ccc([C@H]2CC(c3cccs3)=NN2C(=O)CSc2nnc(CNC(=O)COc3ccccc3)n2Cc2ccccc2)cc1. The average Bonchev–Trinajstić information content (AvgIpc) is 3.87. The molecule has 0 spiro atoms. The summed E-state index contributed by atoms with van der Waals surface area (Å²) in [7, 11) is 1.63. The lowest BCUT2D eigenvalue weighted by Crippen LogP contribution is -2.30. The number of amides is 2. The largest absolute Gasteiger partial charge is 0.497 e. The van der Waals surface area contributed by atoms with E-state index in [2.05, 4.69) is 15.5 Å². The molecule has 0 unspecified atom stereocenters. The van der Waals surface area contributed by atoms with Crippen LogP contribution in [0.3, 0.4) is 0 Å². The minimum atomic E-state index is -0.277. The Bertz CT molecular complexity index is 1780. The predicted octanol–water partition coefficient (Wildman–Crippen LogP) is 5.56. The minimum absolute atomic E-state index is 0.109. The van der Waals surface area contributed by atoms with Gasteiger partial charge in [0.25, 0.3) is 11.8 Å². The van der Waals surface area contributed by atoms with Crippen LogP contribution in [0.4, 0.5) is 0 Å². The molecular weight excluding hydrogens is 621 g/mol. The number of hydrogen-bond donors (Lipinski definition) is 1. The number of benzene rings is 3. The number of carbonyl (C=O) groups is 2. The number of hydrogen-bond acceptors (Lipinski definition) is 9. The molecule has 0 fully saturated rings. The van der Waals surface area contributed by atoms with E-state index in [0.29, 0.717) is 29.7 Å². The lowest BCUT2D eigenvalue weighted by atomic mass is 10.0. The van der Waals surface area contributed by atoms with E-state index in [0.717, 1.165) is 27.5 Å². The highest BCUT2D eigenvalue weighted by Crippen LogP contribution is 2.35. The first-order valence-electron chi connectivity index (χ1n) is 14.7. The molecule has 10 nitrogen and oxygen atoms in total. The Morgan fingerprint density at radius 1 is 0.935 bits per heavy atom. The van der Waals surface area contributed by atoms with Crippen molar-refractivity contribution in [3.8, 4) is 11.5 Å². The number of para-hydroxylation sites is 1. The maximum Gasteiger partial charge on any atom is 0.258 e. The number of carbonyl (C=O) groups excluding carboxylic acids is 2. The molecule has 1 atom stereocenters. The van der Waals surface area contributed by atoms with E-state index in [1.54, 1.807) is 35.6 Å². The normalized spacial score (nSPS) is 14.2. The summed E-state index contributed by atoms with van der Waals surface area (Å²) in [5, 5.41) is 20.6. The van der Waals surface area contributed by atoms with E-state index in [4.69, 9.17) is 14.6 Å². The standard InChI is InChI=1S/C34H32N6O4S2/c1-43-26-16-14-25(15-17-26)29-19-28(30-13-8-18-45-30)38-40(29)33(42)23-46-34-37-36-31(39(34)21-24-9-4-2-5-10-24)20-35-32(41)22-44-27-11-6-3-7-12-27/h2-18,29H,19-23H2,1H3,(H,35,41)/t29-/m1/s1. The van der Waals surface area contributed by atoms with Crippen LogP contribution in [0.25, 0.3) is 0 Å². The summed E-state index contributed by atoms with van der Waals surface area (Å²) < 4.78 is 12.8. The van der Waals surface area contributed by atoms with Gasteiger partial charge in [-0.3, -0.25) is 9.59 Å². The van der Waals surface area contributed by atoms with Gasteiger partial charge < -0.3 is 19.4 Å². The zero-order valence-corrected chi connectivity index (χ0v) is 26.7. The lowest BCUT2D eigenvalue weighted by molar-refractivity contribution is -0.130. The van der Waals surface area contributed by atoms with E-state index in [1.165, 1.54) is 11.8 Å². The maximum absolute atomic E-state index is 13.8. The molecule has 1 aliphatic rings. The number of nitrogens with one attached hydrogen (secondary N) is 1. The number of hydrazone groups is 1. The molecule has 2 amide bonds. The first-order chi connectivity index (χ1) is 22.6. The Hall–Kier alpha value is -4.94. The van der Waals surface area contributed by atoms with Gasteiger partial charge in [-0.1, -0.05) is 78.5 Å². The van der Waals surface area contributed by atoms with Crippen molar-refractivity contribution in [2.75, 3.05) is 19.5 Å². The van der Waals surface area contributed by atoms with E-state index in [1.807, 2.05) is 94.9 Å². The molecule has 0 aliphatic carbocycles. The van der Waals surface area contributed by atoms with Crippen LogP contribution in [0.2, 0.25) is 0 Å². The molecule has 12 heteroatoms. The van der Waals surface area contributed by atoms with Gasteiger partial charge in [0, 0.05) is 6.42 Å². The molecule has 1 N–H and O–H groups in total. The van der Waals surface area contributed by atoms with Gasteiger partial charge in [0.05, 0.1) is 42.6 Å². The fourth-order valence-corrected chi connectivity index (χ4v) is 6.52. The Morgan fingerprint density at radius 2 is 1.70 bits per heavy atom. The van der Waals surface area contributed by atoms with Gasteiger partial charge in [-0.15, -0.1) is 21.5 Å². The van der Waals surface area contributed by atoms with E-state index in [9.17, 15) is 9.59 Å². The second kappa shape index (κ2) is 14.9. The molecule has 46 heavy (non-hydrogen) atoms. The summed E-state index contributed by atoms with van der Waals surface area (Å²) in [4.78, 5) is 27.4. The Balaban J connectivity index is 1.16. The molecule has 234 valence electrons. The highest BCUT2D eigenvalue weighted by molar-refractivity contribution is 7.99. The highest BCUT2D eigenvalue weighted by Gasteiger charge is 2.33. The van der Waals surface area contributed by atoms with Crippen LogP contribution >= 0.6 is 23.1 Å². The second-order valence-corrected chi connectivity index (χ2v) is 12.3. The molecule has 3 heterocycles. The summed E-state index contributed by atoms with van der Waals surface area (Å²) in [6.45, 7) is 0.520. The van der Waals surface area contributed by atoms with Gasteiger partial charge in [-0.05, 0) is 46.8 Å². The summed E-state index contributed by atoms with van der Waals surface area (Å²) >= 11 is 2.91. The fourth-order valence-electron chi connectivity index (χ4n) is 4.99. The molecule has 1 aliphatic heterocycles. The third-order valence-corrected chi connectivity index (χ3v) is 9.20. The summed E-state index contributed by atoms with van der Waals surface area (Å²) in [6.07, 6.45) is 0.616. The molecule has 0 saturated heterocycles. The Morgan fingerprint density at radius 3 is 2.41 bits per heavy atom. The highest BCUT2D eigenvalue weighted by atomic mass is 32.2. The zero-order chi connectivity index (χ0) is 31.7. The van der Waals surface area contributed by atoms with Crippen molar-refractivity contribution in [1.29, 1.82) is 0 Å². The average molecular weight is 653 g/mol. The van der Waals surface area contributed by atoms with Crippen molar-refractivity contribution in [3.05, 3.63) is 124 Å². The number of nitrogens with zero attached hydrogens (tertiary/aromatic N) is 5. The lowest BCUT2D eigenvalue weighted by Gasteiger charge is -2.22. The van der Waals surface area contributed by atoms with Gasteiger partial charge >= 0.3 is 0 Å². The second-order valence-electron chi connectivity index (χ2n) is 10.4. The quantitative estimate of drug-likeness (QED) is 0.166. The van der Waals surface area contributed by atoms with Crippen LogP contribution in [-0.4, -0.2) is 56.8 Å². The minimum Gasteiger partial charge on any atom is -0.497 e. The third kappa shape index (κ3) is 7.64. The van der Waals surface area contributed by atoms with Crippen LogP contribution in [0.1, 0.15) is 34.3 Å². The molecule has 3 aromatic carbocycles. The van der Waals surface area contributed by atoms with Crippen molar-refractivity contribution in [2.45, 2.75) is 30.7 Å². The van der Waals surface area contributed by atoms with Gasteiger partial charge in [0.2, 0.25) is 0 Å². The molecular formula is C34H32N6O4S2. The van der Waals surface area contributed by atoms with Crippen LogP contribution in [0.5, 0.6) is 11.5 Å². The van der Waals surface area contributed by atoms with Crippen LogP contribution in [0, 0.1) is 0 Å². The summed E-state index contributed by atoms with van der Waals surface area (Å²) in [6, 6.07) is 30.6. The number of methoxy groups -OCH3 is 1. The van der Waals surface area contributed by atoms with Crippen molar-refractivity contribution >= 4 is 40.6 Å². The monoisotopic (exact) mass is 652 g/mol. The van der Waals surface area contributed by atoms with E-state index in [-0.39, 0.29) is 36.8 Å². The van der Waals surface area contributed by atoms with E-state index >= 15 is 0 Å². The fraction of sp³-hybridized carbons (Fsp3) is 0.206. The van der Waals surface area contributed by atoms with Crippen LogP contribution in [0.15, 0.2) is 113 Å². The summed E-state index contributed by atoms with van der Waals surface area (Å²) in [5.41, 5.74) is 2.91. The van der Waals surface area contributed by atoms with Gasteiger partial charge in [0.15, 0.2) is 17.6 Å². The number of thioether (sulfide) groups is 1. The molecule has 5 aromatic rings. The van der Waals surface area contributed by atoms with Crippen LogP contribution < -0.4 is 14.8 Å². The van der Waals surface area contributed by atoms with Crippen molar-refractivity contribution in [3.63, 3.8) is 0 Å². The number of rotatable bonds is 13. The first-order valence-corrected chi connectivity index (χ1v) is 16.5. The molecule has 0 radical (unpaired) electrons. The maximum atomic E-state index is 13.8. The first kappa shape index (κ1) is 31.1. The van der Waals surface area contributed by atoms with Crippen molar-refractivity contribution in [2.24, 2.45) is 5.10 Å². The molecule has 2 aromatic heterocycles. The third-order valence-electron chi connectivity index (χ3n) is 7.33. The van der Waals surface area contributed by atoms with Crippen molar-refractivity contribution in [1.82, 2.24) is 25.1 Å². The smallest absolute Gasteiger partial charge is 0.258 e. The van der Waals surface area contributed by atoms with Gasteiger partial charge in [-0.25, -0.2) is 5.01 Å². The van der Waals surface area contributed by atoms with Gasteiger partial charge in [-0.2, -0.15) is 5.10 Å². The molecule has 6 rings (SSSR count). The Kier molecular flexibility index (Phi) is 10.1. The van der Waals surface area contributed by atoms with Crippen molar-refractivity contribution < 1.29 is 19.1 Å². The predicted molar refractivity (Wildman–Crippen MR) is 178 cm³/mol. The number of ether oxygens (including phenoxy) is 2. The Labute approximate surface area is 275 Å².